The first-order chi connectivity index (χ1) is 9.00. The molecule has 0 aromatic heterocycles. The molecule has 20 heavy (non-hydrogen) atoms. The van der Waals surface area contributed by atoms with Gasteiger partial charge in [0, 0.05) is 20.6 Å². The number of nitrogens with zero attached hydrogens (tertiary/aromatic N) is 1. The predicted molar refractivity (Wildman–Crippen MR) is 75.3 cm³/mol. The molecule has 0 spiro atoms. The second-order valence-corrected chi connectivity index (χ2v) is 5.98. The smallest absolute Gasteiger partial charge is 0.326 e. The molecular formula is C13H25N3O4. The predicted octanol–water partition coefficient (Wildman–Crippen LogP) is 0.509. The van der Waals surface area contributed by atoms with Crippen molar-refractivity contribution in [3.05, 3.63) is 0 Å². The van der Waals surface area contributed by atoms with Crippen molar-refractivity contribution in [3.63, 3.8) is 0 Å². The Morgan fingerprint density at radius 2 is 1.75 bits per heavy atom. The number of carbonyl (C=O) groups excluding carboxylic acids is 2. The highest BCUT2D eigenvalue weighted by Gasteiger charge is 2.33. The molecule has 0 aliphatic rings. The van der Waals surface area contributed by atoms with Crippen LogP contribution in [0.5, 0.6) is 0 Å². The molecule has 0 aliphatic heterocycles. The summed E-state index contributed by atoms with van der Waals surface area (Å²) in [5.74, 6) is -1.62. The Kier molecular flexibility index (Phi) is 6.48. The summed E-state index contributed by atoms with van der Waals surface area (Å²) in [7, 11) is 3.05. The van der Waals surface area contributed by atoms with Crippen molar-refractivity contribution in [2.24, 2.45) is 11.3 Å². The summed E-state index contributed by atoms with van der Waals surface area (Å²) >= 11 is 0. The number of carbonyl (C=O) groups is 3. The first-order valence-corrected chi connectivity index (χ1v) is 6.46. The summed E-state index contributed by atoms with van der Waals surface area (Å²) in [6.07, 6.45) is 0. The number of hydrogen-bond acceptors (Lipinski definition) is 3. The Balaban J connectivity index is 4.67. The minimum absolute atomic E-state index is 0.171. The Labute approximate surface area is 119 Å². The number of amides is 3. The number of aliphatic carboxylic acids is 1. The lowest BCUT2D eigenvalue weighted by atomic mass is 9.87. The molecule has 2 unspecified atom stereocenters. The first kappa shape index (κ1) is 18.2. The molecule has 2 atom stereocenters. The molecule has 0 aliphatic carbocycles. The van der Waals surface area contributed by atoms with E-state index in [-0.39, 0.29) is 18.4 Å². The van der Waals surface area contributed by atoms with E-state index in [4.69, 9.17) is 5.11 Å². The van der Waals surface area contributed by atoms with E-state index < -0.39 is 23.5 Å². The van der Waals surface area contributed by atoms with Crippen LogP contribution in [0.4, 0.5) is 4.79 Å². The highest BCUT2D eigenvalue weighted by molar-refractivity contribution is 5.84. The van der Waals surface area contributed by atoms with Gasteiger partial charge in [0.2, 0.25) is 5.91 Å². The van der Waals surface area contributed by atoms with Crippen LogP contribution in [0, 0.1) is 11.3 Å². The van der Waals surface area contributed by atoms with E-state index in [2.05, 4.69) is 10.6 Å². The van der Waals surface area contributed by atoms with E-state index in [0.717, 1.165) is 0 Å². The average molecular weight is 287 g/mol. The van der Waals surface area contributed by atoms with Crippen LogP contribution in [0.1, 0.15) is 27.7 Å². The normalized spacial score (nSPS) is 14.1. The molecule has 0 bridgehead atoms. The van der Waals surface area contributed by atoms with Crippen LogP contribution < -0.4 is 10.6 Å². The molecule has 0 radical (unpaired) electrons. The zero-order chi connectivity index (χ0) is 16.1. The quantitative estimate of drug-likeness (QED) is 0.686. The maximum Gasteiger partial charge on any atom is 0.326 e. The summed E-state index contributed by atoms with van der Waals surface area (Å²) in [5, 5.41) is 14.1. The Morgan fingerprint density at radius 3 is 2.10 bits per heavy atom. The van der Waals surface area contributed by atoms with Gasteiger partial charge in [-0.1, -0.05) is 27.7 Å². The van der Waals surface area contributed by atoms with Crippen molar-refractivity contribution in [3.8, 4) is 0 Å². The number of hydrogen-bond donors (Lipinski definition) is 3. The van der Waals surface area contributed by atoms with Gasteiger partial charge in [-0.15, -0.1) is 0 Å². The van der Waals surface area contributed by atoms with E-state index in [1.165, 1.54) is 19.0 Å². The zero-order valence-electron chi connectivity index (χ0n) is 13.0. The minimum Gasteiger partial charge on any atom is -0.480 e. The van der Waals surface area contributed by atoms with Crippen LogP contribution in [0.25, 0.3) is 0 Å². The average Bonchev–Trinajstić information content (AvgIpc) is 2.32. The second-order valence-electron chi connectivity index (χ2n) is 5.98. The van der Waals surface area contributed by atoms with Gasteiger partial charge < -0.3 is 20.6 Å². The van der Waals surface area contributed by atoms with Crippen molar-refractivity contribution in [1.29, 1.82) is 0 Å². The third-order valence-corrected chi connectivity index (χ3v) is 2.97. The van der Waals surface area contributed by atoms with E-state index in [1.807, 2.05) is 0 Å². The van der Waals surface area contributed by atoms with Gasteiger partial charge in [0.1, 0.15) is 6.04 Å². The summed E-state index contributed by atoms with van der Waals surface area (Å²) in [6, 6.07) is -1.50. The number of rotatable bonds is 5. The van der Waals surface area contributed by atoms with Crippen LogP contribution in [0.15, 0.2) is 0 Å². The largest absolute Gasteiger partial charge is 0.480 e. The molecule has 7 nitrogen and oxygen atoms in total. The van der Waals surface area contributed by atoms with Crippen molar-refractivity contribution in [1.82, 2.24) is 15.5 Å². The van der Waals surface area contributed by atoms with Crippen molar-refractivity contribution in [2.45, 2.75) is 33.7 Å². The zero-order valence-corrected chi connectivity index (χ0v) is 13.0. The molecule has 0 rings (SSSR count). The lowest BCUT2D eigenvalue weighted by molar-refractivity contribution is -0.142. The maximum atomic E-state index is 12.0. The van der Waals surface area contributed by atoms with Crippen molar-refractivity contribution < 1.29 is 19.5 Å². The van der Waals surface area contributed by atoms with Gasteiger partial charge in [-0.25, -0.2) is 9.59 Å². The molecule has 7 heteroatoms. The monoisotopic (exact) mass is 287 g/mol. The molecule has 116 valence electrons. The van der Waals surface area contributed by atoms with E-state index >= 15 is 0 Å². The summed E-state index contributed by atoms with van der Waals surface area (Å²) in [6.45, 7) is 7.11. The molecule has 3 amide bonds. The summed E-state index contributed by atoms with van der Waals surface area (Å²) in [5.41, 5.74) is -0.602. The van der Waals surface area contributed by atoms with Gasteiger partial charge in [-0.2, -0.15) is 0 Å². The molecule has 0 aromatic rings. The van der Waals surface area contributed by atoms with Crippen LogP contribution in [0.2, 0.25) is 0 Å². The molecular weight excluding hydrogens is 262 g/mol. The molecule has 0 saturated heterocycles. The minimum atomic E-state index is -1.08. The lowest BCUT2D eigenvalue weighted by Crippen LogP contribution is -2.53. The fourth-order valence-electron chi connectivity index (χ4n) is 1.71. The van der Waals surface area contributed by atoms with Crippen molar-refractivity contribution in [2.75, 3.05) is 20.6 Å². The highest BCUT2D eigenvalue weighted by atomic mass is 16.4. The summed E-state index contributed by atoms with van der Waals surface area (Å²) < 4.78 is 0. The van der Waals surface area contributed by atoms with Crippen molar-refractivity contribution >= 4 is 17.9 Å². The van der Waals surface area contributed by atoms with Crippen LogP contribution in [-0.2, 0) is 9.59 Å². The molecule has 3 N–H and O–H groups in total. The lowest BCUT2D eigenvalue weighted by Gasteiger charge is -2.30. The summed E-state index contributed by atoms with van der Waals surface area (Å²) in [4.78, 5) is 35.9. The van der Waals surface area contributed by atoms with E-state index in [1.54, 1.807) is 27.7 Å². The van der Waals surface area contributed by atoms with Gasteiger partial charge in [-0.05, 0) is 5.41 Å². The Hall–Kier alpha value is -1.79. The van der Waals surface area contributed by atoms with E-state index in [0.29, 0.717) is 0 Å². The topological polar surface area (TPSA) is 98.7 Å². The molecule has 0 aromatic carbocycles. The van der Waals surface area contributed by atoms with Gasteiger partial charge >= 0.3 is 12.0 Å². The molecule has 0 saturated carbocycles. The van der Waals surface area contributed by atoms with Crippen LogP contribution >= 0.6 is 0 Å². The maximum absolute atomic E-state index is 12.0. The number of urea groups is 1. The standard InChI is InChI=1S/C13H25N3O4/c1-8(10(17)14-5)7-16(6)12(20)15-9(11(18)19)13(2,3)4/h8-9H,7H2,1-6H3,(H,14,17)(H,15,20)(H,18,19). The SMILES string of the molecule is CNC(=O)C(C)CN(C)C(=O)NC(C(=O)O)C(C)(C)C. The Morgan fingerprint density at radius 1 is 1.25 bits per heavy atom. The van der Waals surface area contributed by atoms with Gasteiger partial charge in [0.25, 0.3) is 0 Å². The third kappa shape index (κ3) is 5.46. The van der Waals surface area contributed by atoms with Crippen LogP contribution in [-0.4, -0.2) is 54.6 Å². The number of carboxylic acid groups (broad SMARTS) is 1. The van der Waals surface area contributed by atoms with Gasteiger partial charge in [-0.3, -0.25) is 4.79 Å². The number of carboxylic acids is 1. The molecule has 0 heterocycles. The fourth-order valence-corrected chi connectivity index (χ4v) is 1.71. The first-order valence-electron chi connectivity index (χ1n) is 6.46. The fraction of sp³-hybridized carbons (Fsp3) is 0.769. The van der Waals surface area contributed by atoms with Gasteiger partial charge in [0.15, 0.2) is 0 Å². The molecule has 0 fully saturated rings. The second kappa shape index (κ2) is 7.12. The van der Waals surface area contributed by atoms with Gasteiger partial charge in [0.05, 0.1) is 5.92 Å². The Bertz CT molecular complexity index is 376. The number of nitrogens with one attached hydrogen (secondary N) is 2. The van der Waals surface area contributed by atoms with E-state index in [9.17, 15) is 14.4 Å². The van der Waals surface area contributed by atoms with Crippen LogP contribution in [0.3, 0.4) is 0 Å². The highest BCUT2D eigenvalue weighted by Crippen LogP contribution is 2.19. The third-order valence-electron chi connectivity index (χ3n) is 2.97.